The molecular weight excluding hydrogens is 285 g/mol. The van der Waals surface area contributed by atoms with Gasteiger partial charge in [0, 0.05) is 31.9 Å². The van der Waals surface area contributed by atoms with Crippen molar-refractivity contribution in [2.75, 3.05) is 51.3 Å². The van der Waals surface area contributed by atoms with Crippen molar-refractivity contribution < 1.29 is 14.3 Å². The number of carbonyl (C=O) groups excluding carboxylic acids is 1. The van der Waals surface area contributed by atoms with Gasteiger partial charge in [0.05, 0.1) is 18.7 Å². The van der Waals surface area contributed by atoms with Crippen LogP contribution in [-0.4, -0.2) is 72.7 Å². The summed E-state index contributed by atoms with van der Waals surface area (Å²) in [6.45, 7) is 3.44. The Morgan fingerprint density at radius 3 is 2.91 bits per heavy atom. The smallest absolute Gasteiger partial charge is 0.241 e. The van der Waals surface area contributed by atoms with Crippen LogP contribution in [0, 0.1) is 5.82 Å². The maximum absolute atomic E-state index is 13.5. The zero-order valence-corrected chi connectivity index (χ0v) is 12.8. The fraction of sp³-hybridized carbons (Fsp3) is 0.562. The summed E-state index contributed by atoms with van der Waals surface area (Å²) in [5.41, 5.74) is 0.508. The van der Waals surface area contributed by atoms with E-state index in [0.717, 1.165) is 19.5 Å². The number of hydrogen-bond acceptors (Lipinski definition) is 4. The molecule has 120 valence electrons. The molecule has 1 amide bonds. The molecule has 5 nitrogen and oxygen atoms in total. The Kier molecular flexibility index (Phi) is 4.16. The van der Waals surface area contributed by atoms with Crippen LogP contribution in [0.3, 0.4) is 0 Å². The Labute approximate surface area is 129 Å². The predicted octanol–water partition coefficient (Wildman–Crippen LogP) is 0.541. The first kappa shape index (κ1) is 15.4. The molecule has 0 bridgehead atoms. The van der Waals surface area contributed by atoms with Gasteiger partial charge >= 0.3 is 0 Å². The first-order valence-corrected chi connectivity index (χ1v) is 7.64. The van der Waals surface area contributed by atoms with Gasteiger partial charge in [0.25, 0.3) is 0 Å². The monoisotopic (exact) mass is 307 g/mol. The first-order chi connectivity index (χ1) is 10.5. The molecule has 2 heterocycles. The number of carbonyl (C=O) groups is 1. The van der Waals surface area contributed by atoms with Crippen molar-refractivity contribution in [3.05, 3.63) is 30.1 Å². The van der Waals surface area contributed by atoms with E-state index < -0.39 is 0 Å². The van der Waals surface area contributed by atoms with E-state index >= 15 is 0 Å². The number of piperazine rings is 1. The number of anilines is 1. The number of β-amino-alcohol motifs (C(OH)–C–C–N with tert-alkyl or cyclic N) is 1. The Morgan fingerprint density at radius 2 is 2.18 bits per heavy atom. The van der Waals surface area contributed by atoms with Gasteiger partial charge in [-0.1, -0.05) is 6.07 Å². The molecule has 3 rings (SSSR count). The van der Waals surface area contributed by atoms with Crippen LogP contribution in [0.4, 0.5) is 10.1 Å². The van der Waals surface area contributed by atoms with E-state index in [1.54, 1.807) is 17.0 Å². The van der Waals surface area contributed by atoms with E-state index in [2.05, 4.69) is 9.80 Å². The number of nitrogens with zero attached hydrogens (tertiary/aromatic N) is 3. The molecule has 1 aromatic rings. The van der Waals surface area contributed by atoms with Gasteiger partial charge in [0.2, 0.25) is 5.91 Å². The van der Waals surface area contributed by atoms with Crippen LogP contribution in [0.25, 0.3) is 0 Å². The van der Waals surface area contributed by atoms with Crippen molar-refractivity contribution in [3.8, 4) is 0 Å². The summed E-state index contributed by atoms with van der Waals surface area (Å²) >= 11 is 0. The van der Waals surface area contributed by atoms with Gasteiger partial charge in [-0.05, 0) is 31.7 Å². The summed E-state index contributed by atoms with van der Waals surface area (Å²) in [4.78, 5) is 18.4. The van der Waals surface area contributed by atoms with Crippen LogP contribution in [0.1, 0.15) is 6.42 Å². The molecule has 1 unspecified atom stereocenters. The molecule has 2 aliphatic rings. The second-order valence-electron chi connectivity index (χ2n) is 6.29. The van der Waals surface area contributed by atoms with Gasteiger partial charge in [-0.25, -0.2) is 4.39 Å². The highest BCUT2D eigenvalue weighted by Gasteiger charge is 2.47. The zero-order chi connectivity index (χ0) is 15.7. The maximum Gasteiger partial charge on any atom is 0.241 e. The van der Waals surface area contributed by atoms with Crippen LogP contribution in [0.15, 0.2) is 24.3 Å². The van der Waals surface area contributed by atoms with Crippen molar-refractivity contribution in [2.45, 2.75) is 12.0 Å². The van der Waals surface area contributed by atoms with Crippen molar-refractivity contribution in [1.29, 1.82) is 0 Å². The lowest BCUT2D eigenvalue weighted by Crippen LogP contribution is -2.64. The van der Waals surface area contributed by atoms with E-state index in [-0.39, 0.29) is 23.9 Å². The molecule has 1 atom stereocenters. The standard InChI is InChI=1S/C16H22FN3O2/c1-18-10-15(22)20(14-4-2-3-13(17)9-14)12-16(18)5-6-19(11-16)7-8-21/h2-4,9,21H,5-8,10-12H2,1H3. The Hall–Kier alpha value is -1.50. The number of likely N-dealkylation sites (tertiary alicyclic amines) is 1. The molecule has 2 fully saturated rings. The molecule has 0 aliphatic carbocycles. The molecule has 0 aromatic heterocycles. The van der Waals surface area contributed by atoms with Gasteiger partial charge in [0.1, 0.15) is 5.82 Å². The molecule has 0 radical (unpaired) electrons. The lowest BCUT2D eigenvalue weighted by Gasteiger charge is -2.47. The van der Waals surface area contributed by atoms with E-state index in [4.69, 9.17) is 5.11 Å². The van der Waals surface area contributed by atoms with Crippen LogP contribution < -0.4 is 4.90 Å². The topological polar surface area (TPSA) is 47.0 Å². The average molecular weight is 307 g/mol. The number of aliphatic hydroxyl groups is 1. The molecule has 22 heavy (non-hydrogen) atoms. The minimum absolute atomic E-state index is 0.000617. The minimum atomic E-state index is -0.327. The summed E-state index contributed by atoms with van der Waals surface area (Å²) in [6, 6.07) is 6.21. The number of rotatable bonds is 3. The van der Waals surface area contributed by atoms with E-state index in [1.165, 1.54) is 12.1 Å². The zero-order valence-electron chi connectivity index (χ0n) is 12.8. The normalized spacial score (nSPS) is 27.0. The molecule has 0 saturated carbocycles. The maximum atomic E-state index is 13.5. The Balaban J connectivity index is 1.83. The number of likely N-dealkylation sites (N-methyl/N-ethyl adjacent to an activating group) is 1. The summed E-state index contributed by atoms with van der Waals surface area (Å²) in [7, 11) is 1.98. The summed E-state index contributed by atoms with van der Waals surface area (Å²) in [5, 5.41) is 9.12. The molecule has 1 N–H and O–H groups in total. The molecule has 2 aliphatic heterocycles. The second-order valence-corrected chi connectivity index (χ2v) is 6.29. The lowest BCUT2D eigenvalue weighted by molar-refractivity contribution is -0.123. The van der Waals surface area contributed by atoms with E-state index in [0.29, 0.717) is 25.3 Å². The molecular formula is C16H22FN3O2. The number of aliphatic hydroxyl groups excluding tert-OH is 1. The van der Waals surface area contributed by atoms with Crippen molar-refractivity contribution in [2.24, 2.45) is 0 Å². The number of benzene rings is 1. The molecule has 1 aromatic carbocycles. The number of halogens is 1. The van der Waals surface area contributed by atoms with Crippen molar-refractivity contribution in [1.82, 2.24) is 9.80 Å². The third-order valence-electron chi connectivity index (χ3n) is 4.88. The third kappa shape index (κ3) is 2.74. The van der Waals surface area contributed by atoms with E-state index in [9.17, 15) is 9.18 Å². The number of hydrogen-bond donors (Lipinski definition) is 1. The summed E-state index contributed by atoms with van der Waals surface area (Å²) < 4.78 is 13.5. The average Bonchev–Trinajstić information content (AvgIpc) is 2.88. The minimum Gasteiger partial charge on any atom is -0.395 e. The van der Waals surface area contributed by atoms with Gasteiger partial charge in [-0.3, -0.25) is 14.6 Å². The second kappa shape index (κ2) is 5.95. The third-order valence-corrected chi connectivity index (χ3v) is 4.88. The predicted molar refractivity (Wildman–Crippen MR) is 82.3 cm³/mol. The Bertz CT molecular complexity index is 568. The SMILES string of the molecule is CN1CC(=O)N(c2cccc(F)c2)CC12CCN(CCO)C2. The van der Waals surface area contributed by atoms with Crippen LogP contribution in [0.5, 0.6) is 0 Å². The lowest BCUT2D eigenvalue weighted by atomic mass is 9.92. The molecule has 6 heteroatoms. The van der Waals surface area contributed by atoms with Crippen LogP contribution >= 0.6 is 0 Å². The summed E-state index contributed by atoms with van der Waals surface area (Å²) in [5.74, 6) is -0.328. The highest BCUT2D eigenvalue weighted by atomic mass is 19.1. The molecule has 1 spiro atoms. The highest BCUT2D eigenvalue weighted by molar-refractivity contribution is 5.96. The summed E-state index contributed by atoms with van der Waals surface area (Å²) in [6.07, 6.45) is 0.947. The largest absolute Gasteiger partial charge is 0.395 e. The van der Waals surface area contributed by atoms with Crippen molar-refractivity contribution >= 4 is 11.6 Å². The number of amides is 1. The van der Waals surface area contributed by atoms with Gasteiger partial charge < -0.3 is 10.0 Å². The van der Waals surface area contributed by atoms with Gasteiger partial charge in [-0.15, -0.1) is 0 Å². The van der Waals surface area contributed by atoms with Crippen LogP contribution in [-0.2, 0) is 4.79 Å². The van der Waals surface area contributed by atoms with Crippen molar-refractivity contribution in [3.63, 3.8) is 0 Å². The molecule has 2 saturated heterocycles. The fourth-order valence-corrected chi connectivity index (χ4v) is 3.55. The first-order valence-electron chi connectivity index (χ1n) is 7.64. The quantitative estimate of drug-likeness (QED) is 0.885. The van der Waals surface area contributed by atoms with Crippen LogP contribution in [0.2, 0.25) is 0 Å². The Morgan fingerprint density at radius 1 is 1.36 bits per heavy atom. The van der Waals surface area contributed by atoms with Gasteiger partial charge in [-0.2, -0.15) is 0 Å². The highest BCUT2D eigenvalue weighted by Crippen LogP contribution is 2.33. The fourth-order valence-electron chi connectivity index (χ4n) is 3.55. The van der Waals surface area contributed by atoms with Gasteiger partial charge in [0.15, 0.2) is 0 Å². The van der Waals surface area contributed by atoms with E-state index in [1.807, 2.05) is 7.05 Å².